The molecule has 102 valence electrons. The number of aromatic nitrogens is 2. The van der Waals surface area contributed by atoms with E-state index in [1.165, 1.54) is 5.56 Å². The van der Waals surface area contributed by atoms with Crippen LogP contribution in [0.15, 0.2) is 37.8 Å². The minimum Gasteiger partial charge on any atom is -0.308 e. The maximum absolute atomic E-state index is 4.38. The summed E-state index contributed by atoms with van der Waals surface area (Å²) in [6.07, 6.45) is 1.84. The number of halogens is 3. The molecule has 0 fully saturated rings. The molecule has 2 aromatic rings. The van der Waals surface area contributed by atoms with E-state index in [0.717, 1.165) is 25.7 Å². The highest BCUT2D eigenvalue weighted by Gasteiger charge is 2.20. The van der Waals surface area contributed by atoms with E-state index in [2.05, 4.69) is 77.3 Å². The third-order valence-corrected chi connectivity index (χ3v) is 4.44. The van der Waals surface area contributed by atoms with E-state index in [9.17, 15) is 0 Å². The third kappa shape index (κ3) is 3.29. The van der Waals surface area contributed by atoms with Gasteiger partial charge >= 0.3 is 0 Å². The normalized spacial score (nSPS) is 12.7. The lowest BCUT2D eigenvalue weighted by atomic mass is 10.0. The van der Waals surface area contributed by atoms with Crippen LogP contribution in [-0.2, 0) is 6.54 Å². The average molecular weight is 452 g/mol. The van der Waals surface area contributed by atoms with Gasteiger partial charge in [0.15, 0.2) is 0 Å². The van der Waals surface area contributed by atoms with Crippen molar-refractivity contribution >= 4 is 47.8 Å². The van der Waals surface area contributed by atoms with Crippen molar-refractivity contribution in [3.63, 3.8) is 0 Å². The van der Waals surface area contributed by atoms with Gasteiger partial charge in [0.1, 0.15) is 0 Å². The van der Waals surface area contributed by atoms with Crippen LogP contribution in [0.1, 0.15) is 24.2 Å². The zero-order valence-electron chi connectivity index (χ0n) is 10.6. The van der Waals surface area contributed by atoms with E-state index < -0.39 is 0 Å². The number of rotatable bonds is 4. The van der Waals surface area contributed by atoms with Crippen LogP contribution in [0.25, 0.3) is 0 Å². The minimum atomic E-state index is 0.0885. The predicted molar refractivity (Wildman–Crippen MR) is 88.3 cm³/mol. The van der Waals surface area contributed by atoms with Crippen molar-refractivity contribution < 1.29 is 0 Å². The summed E-state index contributed by atoms with van der Waals surface area (Å²) < 4.78 is 5.12. The summed E-state index contributed by atoms with van der Waals surface area (Å²) in [6.45, 7) is 2.93. The van der Waals surface area contributed by atoms with Gasteiger partial charge < -0.3 is 5.32 Å². The molecule has 0 amide bonds. The molecule has 3 nitrogen and oxygen atoms in total. The summed E-state index contributed by atoms with van der Waals surface area (Å²) in [6, 6.07) is 6.35. The Hall–Kier alpha value is -0.170. The molecule has 0 aliphatic carbocycles. The molecular weight excluding hydrogens is 438 g/mol. The Kier molecular flexibility index (Phi) is 5.22. The van der Waals surface area contributed by atoms with Gasteiger partial charge in [0, 0.05) is 15.5 Å². The number of hydrogen-bond donors (Lipinski definition) is 1. The lowest BCUT2D eigenvalue weighted by molar-refractivity contribution is 0.561. The van der Waals surface area contributed by atoms with E-state index >= 15 is 0 Å². The lowest BCUT2D eigenvalue weighted by Gasteiger charge is -2.19. The van der Waals surface area contributed by atoms with Gasteiger partial charge in [0.25, 0.3) is 0 Å². The van der Waals surface area contributed by atoms with E-state index in [-0.39, 0.29) is 6.04 Å². The van der Waals surface area contributed by atoms with Crippen LogP contribution in [-0.4, -0.2) is 16.8 Å². The molecule has 19 heavy (non-hydrogen) atoms. The van der Waals surface area contributed by atoms with Crippen molar-refractivity contribution in [2.24, 2.45) is 0 Å². The molecule has 1 atom stereocenters. The Morgan fingerprint density at radius 2 is 1.84 bits per heavy atom. The molecule has 0 radical (unpaired) electrons. The Labute approximate surface area is 138 Å². The summed E-state index contributed by atoms with van der Waals surface area (Å²) in [4.78, 5) is 0. The summed E-state index contributed by atoms with van der Waals surface area (Å²) in [5.74, 6) is 0. The van der Waals surface area contributed by atoms with E-state index in [1.807, 2.05) is 24.0 Å². The molecule has 0 spiro atoms. The van der Waals surface area contributed by atoms with E-state index in [0.29, 0.717) is 0 Å². The highest BCUT2D eigenvalue weighted by Crippen LogP contribution is 2.31. The van der Waals surface area contributed by atoms with E-state index in [1.54, 1.807) is 0 Å². The van der Waals surface area contributed by atoms with Crippen molar-refractivity contribution in [3.8, 4) is 0 Å². The summed E-state index contributed by atoms with van der Waals surface area (Å²) in [5, 5.41) is 7.74. The first kappa shape index (κ1) is 15.2. The van der Waals surface area contributed by atoms with Crippen LogP contribution >= 0.6 is 47.8 Å². The SMILES string of the molecule is CCn1ncc(Br)c1C(NC)c1cc(Br)cc(Br)c1. The molecule has 2 rings (SSSR count). The summed E-state index contributed by atoms with van der Waals surface area (Å²) >= 11 is 10.7. The number of nitrogens with zero attached hydrogens (tertiary/aromatic N) is 2. The van der Waals surface area contributed by atoms with Crippen LogP contribution in [0.3, 0.4) is 0 Å². The van der Waals surface area contributed by atoms with E-state index in [4.69, 9.17) is 0 Å². The second-order valence-electron chi connectivity index (χ2n) is 4.12. The van der Waals surface area contributed by atoms with Crippen molar-refractivity contribution in [1.82, 2.24) is 15.1 Å². The summed E-state index contributed by atoms with van der Waals surface area (Å²) in [7, 11) is 1.96. The van der Waals surface area contributed by atoms with Crippen molar-refractivity contribution in [3.05, 3.63) is 49.1 Å². The standard InChI is InChI=1S/C13H14Br3N3/c1-3-19-13(11(16)7-18-19)12(17-2)8-4-9(14)6-10(15)5-8/h4-7,12,17H,3H2,1-2H3. The Bertz CT molecular complexity index is 560. The van der Waals surface area contributed by atoms with Crippen LogP contribution < -0.4 is 5.32 Å². The second-order valence-corrected chi connectivity index (χ2v) is 6.80. The fourth-order valence-electron chi connectivity index (χ4n) is 2.11. The molecule has 6 heteroatoms. The molecule has 1 aromatic heterocycles. The first-order valence-electron chi connectivity index (χ1n) is 5.91. The first-order chi connectivity index (χ1) is 9.06. The van der Waals surface area contributed by atoms with Crippen LogP contribution in [0.2, 0.25) is 0 Å². The zero-order valence-corrected chi connectivity index (χ0v) is 15.4. The molecule has 1 N–H and O–H groups in total. The zero-order chi connectivity index (χ0) is 14.0. The minimum absolute atomic E-state index is 0.0885. The smallest absolute Gasteiger partial charge is 0.0758 e. The highest BCUT2D eigenvalue weighted by atomic mass is 79.9. The fraction of sp³-hybridized carbons (Fsp3) is 0.308. The maximum Gasteiger partial charge on any atom is 0.0758 e. The van der Waals surface area contributed by atoms with Crippen molar-refractivity contribution in [1.29, 1.82) is 0 Å². The largest absolute Gasteiger partial charge is 0.308 e. The molecule has 1 heterocycles. The van der Waals surface area contributed by atoms with Gasteiger partial charge in [-0.2, -0.15) is 5.10 Å². The number of nitrogens with one attached hydrogen (secondary N) is 1. The van der Waals surface area contributed by atoms with Crippen LogP contribution in [0.5, 0.6) is 0 Å². The maximum atomic E-state index is 4.38. The molecule has 0 saturated heterocycles. The molecule has 0 saturated carbocycles. The predicted octanol–water partition coefficient (Wildman–Crippen LogP) is 4.50. The van der Waals surface area contributed by atoms with Crippen molar-refractivity contribution in [2.45, 2.75) is 19.5 Å². The monoisotopic (exact) mass is 449 g/mol. The summed E-state index contributed by atoms with van der Waals surface area (Å²) in [5.41, 5.74) is 2.31. The van der Waals surface area contributed by atoms with Gasteiger partial charge in [-0.15, -0.1) is 0 Å². The molecule has 0 aliphatic rings. The Balaban J connectivity index is 2.52. The molecule has 1 unspecified atom stereocenters. The average Bonchev–Trinajstić information content (AvgIpc) is 2.71. The van der Waals surface area contributed by atoms with Gasteiger partial charge in [-0.3, -0.25) is 4.68 Å². The number of hydrogen-bond acceptors (Lipinski definition) is 2. The third-order valence-electron chi connectivity index (χ3n) is 2.91. The Morgan fingerprint density at radius 1 is 1.21 bits per heavy atom. The number of benzene rings is 1. The van der Waals surface area contributed by atoms with Gasteiger partial charge in [-0.1, -0.05) is 31.9 Å². The first-order valence-corrected chi connectivity index (χ1v) is 8.29. The molecular formula is C13H14Br3N3. The van der Waals surface area contributed by atoms with Crippen LogP contribution in [0.4, 0.5) is 0 Å². The number of aryl methyl sites for hydroxylation is 1. The Morgan fingerprint density at radius 3 is 2.37 bits per heavy atom. The van der Waals surface area contributed by atoms with Crippen LogP contribution in [0, 0.1) is 0 Å². The second kappa shape index (κ2) is 6.52. The van der Waals surface area contributed by atoms with Gasteiger partial charge in [0.2, 0.25) is 0 Å². The van der Waals surface area contributed by atoms with Gasteiger partial charge in [0.05, 0.1) is 22.4 Å². The molecule has 1 aromatic carbocycles. The topological polar surface area (TPSA) is 29.9 Å². The molecule has 0 bridgehead atoms. The fourth-order valence-corrected chi connectivity index (χ4v) is 3.97. The van der Waals surface area contributed by atoms with Crippen molar-refractivity contribution in [2.75, 3.05) is 7.05 Å². The van der Waals surface area contributed by atoms with Gasteiger partial charge in [-0.25, -0.2) is 0 Å². The van der Waals surface area contributed by atoms with Gasteiger partial charge in [-0.05, 0) is 53.7 Å². The quantitative estimate of drug-likeness (QED) is 0.741. The lowest BCUT2D eigenvalue weighted by Crippen LogP contribution is -2.22. The molecule has 0 aliphatic heterocycles. The highest BCUT2D eigenvalue weighted by molar-refractivity contribution is 9.11.